The second-order valence-electron chi connectivity index (χ2n) is 8.99. The van der Waals surface area contributed by atoms with Crippen LogP contribution >= 0.6 is 0 Å². The quantitative estimate of drug-likeness (QED) is 0.302. The lowest BCUT2D eigenvalue weighted by molar-refractivity contribution is -0.140. The summed E-state index contributed by atoms with van der Waals surface area (Å²) in [5.74, 6) is 0.736. The minimum Gasteiger partial charge on any atom is -0.475 e. The van der Waals surface area contributed by atoms with Crippen LogP contribution in [0.1, 0.15) is 36.0 Å². The summed E-state index contributed by atoms with van der Waals surface area (Å²) in [6, 6.07) is 28.9. The fraction of sp³-hybridized carbons (Fsp3) is 0.207. The van der Waals surface area contributed by atoms with Gasteiger partial charge in [0.15, 0.2) is 0 Å². The molecule has 1 aliphatic heterocycles. The predicted molar refractivity (Wildman–Crippen MR) is 137 cm³/mol. The van der Waals surface area contributed by atoms with Crippen LogP contribution in [0, 0.1) is 0 Å². The highest BCUT2D eigenvalue weighted by Gasteiger charge is 2.32. The molecule has 184 valence electrons. The highest BCUT2D eigenvalue weighted by Crippen LogP contribution is 2.33. The number of amides is 1. The smallest absolute Gasteiger partial charge is 0.332 e. The number of ether oxygens (including phenoxy) is 1. The second kappa shape index (κ2) is 10.1. The van der Waals surface area contributed by atoms with Gasteiger partial charge in [0.25, 0.3) is 5.91 Å². The first-order valence-electron chi connectivity index (χ1n) is 11.9. The summed E-state index contributed by atoms with van der Waals surface area (Å²) in [5, 5.41) is 1.84. The summed E-state index contributed by atoms with van der Waals surface area (Å²) >= 11 is 0. The minimum absolute atomic E-state index is 0.203. The number of halogens is 1. The Kier molecular flexibility index (Phi) is 6.74. The van der Waals surface area contributed by atoms with Crippen molar-refractivity contribution in [3.05, 3.63) is 108 Å². The lowest BCUT2D eigenvalue weighted by Gasteiger charge is -2.34. The molecular weight excluding hydrogens is 477 g/mol. The number of fused-ring (bicyclic) bond motifs is 1. The Hall–Kier alpha value is -3.71. The van der Waals surface area contributed by atoms with E-state index in [4.69, 9.17) is 4.74 Å². The van der Waals surface area contributed by atoms with Crippen LogP contribution in [-0.4, -0.2) is 32.3 Å². The van der Waals surface area contributed by atoms with Crippen LogP contribution in [0.15, 0.2) is 102 Å². The van der Waals surface area contributed by atoms with Gasteiger partial charge in [-0.1, -0.05) is 78.9 Å². The zero-order chi connectivity index (χ0) is 25.1. The van der Waals surface area contributed by atoms with Gasteiger partial charge in [-0.2, -0.15) is 8.42 Å². The molecule has 1 atom stereocenters. The van der Waals surface area contributed by atoms with E-state index < -0.39 is 21.2 Å². The summed E-state index contributed by atoms with van der Waals surface area (Å²) < 4.78 is 42.4. The van der Waals surface area contributed by atoms with Gasteiger partial charge in [-0.3, -0.25) is 4.79 Å². The van der Waals surface area contributed by atoms with E-state index in [9.17, 15) is 17.1 Å². The van der Waals surface area contributed by atoms with Crippen molar-refractivity contribution in [3.63, 3.8) is 0 Å². The lowest BCUT2D eigenvalue weighted by Crippen LogP contribution is -2.42. The maximum absolute atomic E-state index is 13.8. The molecule has 1 unspecified atom stereocenters. The lowest BCUT2D eigenvalue weighted by atomic mass is 9.89. The zero-order valence-electron chi connectivity index (χ0n) is 19.6. The summed E-state index contributed by atoms with van der Waals surface area (Å²) in [6.45, 7) is 1.18. The monoisotopic (exact) mass is 503 g/mol. The molecule has 4 aromatic rings. The van der Waals surface area contributed by atoms with Crippen LogP contribution in [0.2, 0.25) is 0 Å². The van der Waals surface area contributed by atoms with Crippen molar-refractivity contribution in [1.29, 1.82) is 0 Å². The molecule has 0 bridgehead atoms. The van der Waals surface area contributed by atoms with Gasteiger partial charge in [0, 0.05) is 24.0 Å². The second-order valence-corrected chi connectivity index (χ2v) is 10.3. The van der Waals surface area contributed by atoms with E-state index in [1.165, 1.54) is 29.8 Å². The SMILES string of the molecule is O=C(C(Oc1cccc2ccccc12)c1ccc(S(=O)(=O)F)cc1)N1CCC(c2ccccc2)CC1. The zero-order valence-corrected chi connectivity index (χ0v) is 20.4. The third-order valence-corrected chi connectivity index (χ3v) is 7.60. The third-order valence-electron chi connectivity index (χ3n) is 6.76. The molecule has 1 heterocycles. The summed E-state index contributed by atoms with van der Waals surface area (Å²) in [6.07, 6.45) is 0.686. The Balaban J connectivity index is 1.43. The summed E-state index contributed by atoms with van der Waals surface area (Å²) in [4.78, 5) is 15.1. The Labute approximate surface area is 210 Å². The van der Waals surface area contributed by atoms with E-state index in [2.05, 4.69) is 12.1 Å². The number of nitrogens with zero attached hydrogens (tertiary/aromatic N) is 1. The predicted octanol–water partition coefficient (Wildman–Crippen LogP) is 6.02. The number of piperidine rings is 1. The average Bonchev–Trinajstić information content (AvgIpc) is 2.91. The van der Waals surface area contributed by atoms with Gasteiger partial charge < -0.3 is 9.64 Å². The molecule has 36 heavy (non-hydrogen) atoms. The third kappa shape index (κ3) is 5.11. The molecule has 1 amide bonds. The van der Waals surface area contributed by atoms with Gasteiger partial charge in [0.05, 0.1) is 4.90 Å². The molecule has 0 saturated carbocycles. The molecule has 0 spiro atoms. The van der Waals surface area contributed by atoms with Crippen LogP contribution in [-0.2, 0) is 15.0 Å². The fourth-order valence-electron chi connectivity index (χ4n) is 4.82. The normalized spacial score (nSPS) is 15.5. The minimum atomic E-state index is -4.84. The number of carbonyl (C=O) groups is 1. The van der Waals surface area contributed by atoms with Gasteiger partial charge in [-0.25, -0.2) is 0 Å². The molecule has 7 heteroatoms. The molecule has 0 aliphatic carbocycles. The van der Waals surface area contributed by atoms with Gasteiger partial charge in [0.1, 0.15) is 5.75 Å². The molecule has 0 aromatic heterocycles. The van der Waals surface area contributed by atoms with Crippen molar-refractivity contribution in [2.45, 2.75) is 29.8 Å². The number of carbonyl (C=O) groups excluding carboxylic acids is 1. The van der Waals surface area contributed by atoms with Gasteiger partial charge in [0.2, 0.25) is 6.10 Å². The largest absolute Gasteiger partial charge is 0.475 e. The molecule has 5 rings (SSSR count). The number of benzene rings is 4. The van der Waals surface area contributed by atoms with Crippen molar-refractivity contribution in [3.8, 4) is 5.75 Å². The van der Waals surface area contributed by atoms with E-state index in [1.807, 2.05) is 60.7 Å². The Morgan fingerprint density at radius 3 is 2.17 bits per heavy atom. The van der Waals surface area contributed by atoms with Crippen LogP contribution < -0.4 is 4.74 Å². The van der Waals surface area contributed by atoms with Gasteiger partial charge in [-0.05, 0) is 47.9 Å². The van der Waals surface area contributed by atoms with Gasteiger partial charge in [-0.15, -0.1) is 3.89 Å². The first-order chi connectivity index (χ1) is 17.4. The Morgan fingerprint density at radius 2 is 1.47 bits per heavy atom. The van der Waals surface area contributed by atoms with E-state index in [0.717, 1.165) is 23.6 Å². The molecule has 1 aliphatic rings. The van der Waals surface area contributed by atoms with E-state index in [1.54, 1.807) is 4.90 Å². The molecule has 5 nitrogen and oxygen atoms in total. The molecule has 4 aromatic carbocycles. The van der Waals surface area contributed by atoms with Crippen molar-refractivity contribution in [1.82, 2.24) is 4.90 Å². The van der Waals surface area contributed by atoms with Crippen LogP contribution in [0.3, 0.4) is 0 Å². The molecule has 0 radical (unpaired) electrons. The molecular formula is C29H26FNO4S. The fourth-order valence-corrected chi connectivity index (χ4v) is 5.28. The molecule has 1 saturated heterocycles. The van der Waals surface area contributed by atoms with Crippen LogP contribution in [0.5, 0.6) is 5.75 Å². The first-order valence-corrected chi connectivity index (χ1v) is 13.3. The van der Waals surface area contributed by atoms with Crippen LogP contribution in [0.4, 0.5) is 3.89 Å². The number of hydrogen-bond donors (Lipinski definition) is 0. The maximum Gasteiger partial charge on any atom is 0.332 e. The number of rotatable bonds is 6. The number of hydrogen-bond acceptors (Lipinski definition) is 4. The molecule has 0 N–H and O–H groups in total. The standard InChI is InChI=1S/C29H26FNO4S/c30-36(33,34)25-15-13-24(14-16-25)28(35-27-12-6-10-23-9-4-5-11-26(23)27)29(32)31-19-17-22(18-20-31)21-7-2-1-3-8-21/h1-16,22,28H,17-20H2. The van der Waals surface area contributed by atoms with Crippen molar-refractivity contribution in [2.75, 3.05) is 13.1 Å². The highest BCUT2D eigenvalue weighted by atomic mass is 32.3. The Morgan fingerprint density at radius 1 is 0.833 bits per heavy atom. The maximum atomic E-state index is 13.8. The topological polar surface area (TPSA) is 63.7 Å². The first kappa shape index (κ1) is 24.0. The molecule has 1 fully saturated rings. The summed E-state index contributed by atoms with van der Waals surface area (Å²) in [5.41, 5.74) is 1.74. The van der Waals surface area contributed by atoms with E-state index in [0.29, 0.717) is 30.3 Å². The highest BCUT2D eigenvalue weighted by molar-refractivity contribution is 7.86. The average molecular weight is 504 g/mol. The van der Waals surface area contributed by atoms with Crippen molar-refractivity contribution < 1.29 is 21.8 Å². The van der Waals surface area contributed by atoms with Crippen molar-refractivity contribution >= 4 is 26.9 Å². The Bertz CT molecular complexity index is 1460. The van der Waals surface area contributed by atoms with E-state index in [-0.39, 0.29) is 5.91 Å². The van der Waals surface area contributed by atoms with Crippen molar-refractivity contribution in [2.24, 2.45) is 0 Å². The van der Waals surface area contributed by atoms with Gasteiger partial charge >= 0.3 is 10.2 Å². The number of likely N-dealkylation sites (tertiary alicyclic amines) is 1. The summed E-state index contributed by atoms with van der Waals surface area (Å²) in [7, 11) is -4.84. The van der Waals surface area contributed by atoms with Crippen LogP contribution in [0.25, 0.3) is 10.8 Å². The van der Waals surface area contributed by atoms with E-state index >= 15 is 0 Å².